The molecule has 320 valence electrons. The molecule has 0 aromatic rings. The molecular weight excluding hydrogens is 827 g/mol. The van der Waals surface area contributed by atoms with Gasteiger partial charge in [-0.3, -0.25) is 9.69 Å². The van der Waals surface area contributed by atoms with Crippen molar-refractivity contribution in [1.82, 2.24) is 9.80 Å². The molecule has 0 radical (unpaired) electrons. The summed E-state index contributed by atoms with van der Waals surface area (Å²) in [5.74, 6) is 0.746. The van der Waals surface area contributed by atoms with Crippen molar-refractivity contribution in [2.24, 2.45) is 11.8 Å². The summed E-state index contributed by atoms with van der Waals surface area (Å²) in [6.45, 7) is 16.7. The number of aliphatic hydroxyl groups excluding tert-OH is 3. The first kappa shape index (κ1) is 48.6. The highest BCUT2D eigenvalue weighted by Crippen LogP contribution is 2.40. The number of terminal acetylenes is 1. The van der Waals surface area contributed by atoms with Crippen LogP contribution in [0.15, 0.2) is 0 Å². The third-order valence-electron chi connectivity index (χ3n) is 12.3. The topological polar surface area (TPSA) is 180 Å². The molecule has 55 heavy (non-hydrogen) atoms. The number of rotatable bonds is 9. The molecule has 0 bridgehead atoms. The maximum Gasteiger partial charge on any atom is 0.311 e. The van der Waals surface area contributed by atoms with E-state index in [2.05, 4.69) is 28.5 Å². The van der Waals surface area contributed by atoms with Crippen molar-refractivity contribution in [3.63, 3.8) is 0 Å². The summed E-state index contributed by atoms with van der Waals surface area (Å²) >= 11 is 2.14. The molecule has 0 amide bonds. The molecule has 0 aliphatic carbocycles. The van der Waals surface area contributed by atoms with E-state index in [0.717, 1.165) is 0 Å². The molecule has 18 atom stereocenters. The fourth-order valence-corrected chi connectivity index (χ4v) is 10.3. The summed E-state index contributed by atoms with van der Waals surface area (Å²) in [6, 6.07) is -0.901. The van der Waals surface area contributed by atoms with E-state index in [1.165, 1.54) is 14.0 Å². The van der Waals surface area contributed by atoms with E-state index in [1.807, 2.05) is 37.7 Å². The number of esters is 1. The predicted octanol–water partition coefficient (Wildman–Crippen LogP) is 2.46. The number of ether oxygens (including phenoxy) is 6. The Morgan fingerprint density at radius 2 is 1.67 bits per heavy atom. The predicted molar refractivity (Wildman–Crippen MR) is 215 cm³/mol. The van der Waals surface area contributed by atoms with Crippen molar-refractivity contribution >= 4 is 28.6 Å². The zero-order valence-electron chi connectivity index (χ0n) is 35.1. The fraction of sp³-hybridized carbons (Fsp3) is 0.925. The Labute approximate surface area is 343 Å². The summed E-state index contributed by atoms with van der Waals surface area (Å²) in [5.41, 5.74) is -4.44. The number of methoxy groups -OCH3 is 1. The van der Waals surface area contributed by atoms with Crippen molar-refractivity contribution in [3.8, 4) is 12.3 Å². The number of hydrogen-bond donors (Lipinski definition) is 5. The lowest BCUT2D eigenvalue weighted by Gasteiger charge is -2.48. The number of carbonyl (C=O) groups excluding carboxylic acids is 1. The van der Waals surface area contributed by atoms with E-state index in [9.17, 15) is 30.3 Å². The van der Waals surface area contributed by atoms with Crippen LogP contribution in [-0.2, 0) is 33.2 Å². The van der Waals surface area contributed by atoms with Crippen LogP contribution in [0.3, 0.4) is 0 Å². The van der Waals surface area contributed by atoms with E-state index < -0.39 is 94.0 Å². The first-order chi connectivity index (χ1) is 25.4. The van der Waals surface area contributed by atoms with Gasteiger partial charge in [-0.15, -0.1) is 12.3 Å². The summed E-state index contributed by atoms with van der Waals surface area (Å²) in [6.07, 6.45) is -2.58. The van der Waals surface area contributed by atoms with E-state index in [0.29, 0.717) is 25.9 Å². The molecule has 3 aliphatic heterocycles. The highest BCUT2D eigenvalue weighted by molar-refractivity contribution is 14.1. The van der Waals surface area contributed by atoms with Gasteiger partial charge < -0.3 is 58.9 Å². The maximum absolute atomic E-state index is 14.3. The summed E-state index contributed by atoms with van der Waals surface area (Å²) in [4.78, 5) is 18.2. The first-order valence-corrected chi connectivity index (χ1v) is 21.0. The molecule has 3 aliphatic rings. The van der Waals surface area contributed by atoms with Gasteiger partial charge in [0, 0.05) is 45.1 Å². The normalized spacial score (nSPS) is 47.4. The monoisotopic (exact) mass is 898 g/mol. The zero-order valence-corrected chi connectivity index (χ0v) is 37.2. The number of likely N-dealkylation sites (N-methyl/N-ethyl adjacent to an activating group) is 2. The van der Waals surface area contributed by atoms with Gasteiger partial charge >= 0.3 is 5.97 Å². The Hall–Kier alpha value is -0.720. The molecule has 3 fully saturated rings. The SMILES string of the molecule is C#CCCN(C)[C@H]1C[C@@H](C)O[C@@H](O[C@@H]2[C@@H](I)[C@H](O[C@H]3C[C@@](C)(OC)[C@@H](O)[C@H](C)O3)[C@@H](C)C(=O)O[C@H](CC)[C@@](C)(O)[C@H](O)[C@@H](C)N(C)C[C@H](C)C[C@@]2(C)O)[C@@H]1O. The van der Waals surface area contributed by atoms with Crippen LogP contribution in [0.2, 0.25) is 0 Å². The highest BCUT2D eigenvalue weighted by Gasteiger charge is 2.53. The van der Waals surface area contributed by atoms with Gasteiger partial charge in [0.05, 0.1) is 39.4 Å². The standard InChI is InChI=1S/C40H71IN2O12/c1-14-16-17-42(11)27-18-23(4)51-37(31(27)44)55-35-30(41)32(54-29-20-39(9,50-13)34(46)26(7)52-29)24(5)36(47)53-28(15-2)40(10,49)33(45)25(6)43(12)21-22(3)19-38(35,8)48/h1,22-35,37,44-46,48-49H,15-21H2,2-13H3/t22-,23-,24-,25-,26+,27+,28-,29+,30+,31-,32-,33-,34+,35-,37+,38-,39-,40-/m1/s1. The number of nitrogens with zero attached hydrogens (tertiary/aromatic N) is 2. The minimum Gasteiger partial charge on any atom is -0.459 e. The average Bonchev–Trinajstić information content (AvgIpc) is 3.11. The Balaban J connectivity index is 2.17. The number of cyclic esters (lactones) is 1. The maximum atomic E-state index is 14.3. The number of alkyl halides is 1. The summed E-state index contributed by atoms with van der Waals surface area (Å²) < 4.78 is 36.9. The molecule has 15 heteroatoms. The van der Waals surface area contributed by atoms with E-state index in [1.54, 1.807) is 41.5 Å². The van der Waals surface area contributed by atoms with Crippen LogP contribution < -0.4 is 0 Å². The minimum atomic E-state index is -1.81. The quantitative estimate of drug-likeness (QED) is 0.0987. The van der Waals surface area contributed by atoms with E-state index >= 15 is 0 Å². The number of carbonyl (C=O) groups is 1. The van der Waals surface area contributed by atoms with Crippen LogP contribution in [0.25, 0.3) is 0 Å². The molecule has 3 rings (SSSR count). The second kappa shape index (κ2) is 20.0. The molecule has 3 saturated heterocycles. The van der Waals surface area contributed by atoms with Crippen molar-refractivity contribution in [1.29, 1.82) is 0 Å². The molecule has 0 saturated carbocycles. The molecule has 14 nitrogen and oxygen atoms in total. The third kappa shape index (κ3) is 11.5. The van der Waals surface area contributed by atoms with Crippen LogP contribution >= 0.6 is 22.6 Å². The van der Waals surface area contributed by atoms with Crippen molar-refractivity contribution in [2.75, 3.05) is 34.3 Å². The second-order valence-electron chi connectivity index (χ2n) is 17.2. The molecule has 5 N–H and O–H groups in total. The largest absolute Gasteiger partial charge is 0.459 e. The van der Waals surface area contributed by atoms with Crippen LogP contribution in [0, 0.1) is 24.2 Å². The Kier molecular flexibility index (Phi) is 17.7. The van der Waals surface area contributed by atoms with Crippen LogP contribution in [0.5, 0.6) is 0 Å². The number of hydrogen-bond acceptors (Lipinski definition) is 14. The minimum absolute atomic E-state index is 0.117. The Morgan fingerprint density at radius 3 is 2.25 bits per heavy atom. The van der Waals surface area contributed by atoms with Crippen LogP contribution in [0.1, 0.15) is 94.4 Å². The van der Waals surface area contributed by atoms with Gasteiger partial charge in [-0.05, 0) is 87.7 Å². The molecule has 0 spiro atoms. The molecular formula is C40H71IN2O12. The summed E-state index contributed by atoms with van der Waals surface area (Å²) in [7, 11) is 5.23. The zero-order chi connectivity index (χ0) is 41.8. The van der Waals surface area contributed by atoms with Gasteiger partial charge in [0.25, 0.3) is 0 Å². The lowest BCUT2D eigenvalue weighted by Crippen LogP contribution is -2.61. The molecule has 0 aromatic heterocycles. The van der Waals surface area contributed by atoms with Crippen LogP contribution in [0.4, 0.5) is 0 Å². The Morgan fingerprint density at radius 1 is 1.04 bits per heavy atom. The molecule has 3 heterocycles. The van der Waals surface area contributed by atoms with Crippen LogP contribution in [-0.4, -0.2) is 170 Å². The van der Waals surface area contributed by atoms with Gasteiger partial charge in [0.2, 0.25) is 0 Å². The number of halogens is 1. The highest BCUT2D eigenvalue weighted by atomic mass is 127. The third-order valence-corrected chi connectivity index (χ3v) is 13.7. The van der Waals surface area contributed by atoms with Gasteiger partial charge in [0.1, 0.15) is 36.1 Å². The van der Waals surface area contributed by atoms with Crippen molar-refractivity contribution in [2.45, 2.75) is 189 Å². The molecule has 0 unspecified atom stereocenters. The van der Waals surface area contributed by atoms with Gasteiger partial charge in [-0.25, -0.2) is 0 Å². The number of aliphatic hydroxyl groups is 5. The van der Waals surface area contributed by atoms with Crippen molar-refractivity contribution in [3.05, 3.63) is 0 Å². The van der Waals surface area contributed by atoms with Gasteiger partial charge in [-0.1, -0.05) is 36.4 Å². The average molecular weight is 899 g/mol. The lowest BCUT2D eigenvalue weighted by molar-refractivity contribution is -0.305. The van der Waals surface area contributed by atoms with Crippen molar-refractivity contribution < 1.29 is 58.7 Å². The van der Waals surface area contributed by atoms with E-state index in [4.69, 9.17) is 34.8 Å². The smallest absolute Gasteiger partial charge is 0.311 e. The van der Waals surface area contributed by atoms with E-state index in [-0.39, 0.29) is 37.3 Å². The molecule has 0 aromatic carbocycles. The second-order valence-corrected chi connectivity index (χ2v) is 18.7. The van der Waals surface area contributed by atoms with Gasteiger partial charge in [0.15, 0.2) is 12.6 Å². The fourth-order valence-electron chi connectivity index (χ4n) is 8.57. The lowest BCUT2D eigenvalue weighted by atomic mass is 9.83. The Bertz CT molecular complexity index is 1270. The first-order valence-electron chi connectivity index (χ1n) is 19.8. The van der Waals surface area contributed by atoms with Gasteiger partial charge in [-0.2, -0.15) is 0 Å². The summed E-state index contributed by atoms with van der Waals surface area (Å²) in [5, 5.41) is 58.6.